The van der Waals surface area contributed by atoms with Crippen molar-refractivity contribution in [1.29, 1.82) is 0 Å². The largest absolute Gasteiger partial charge is 0.360 e. The molecule has 0 saturated carbocycles. The highest BCUT2D eigenvalue weighted by atomic mass is 16.5. The Morgan fingerprint density at radius 2 is 1.85 bits per heavy atom. The van der Waals surface area contributed by atoms with Crippen LogP contribution in [0.25, 0.3) is 11.3 Å². The van der Waals surface area contributed by atoms with Crippen LogP contribution < -0.4 is 5.32 Å². The SMILES string of the molecule is CCCNC(=O)CN1CCN(C(=O)c2c(-c3ccccc3)noc2C)CC1. The lowest BCUT2D eigenvalue weighted by atomic mass is 10.0. The van der Waals surface area contributed by atoms with Crippen LogP contribution in [0.5, 0.6) is 0 Å². The van der Waals surface area contributed by atoms with Gasteiger partial charge in [0.25, 0.3) is 5.91 Å². The highest BCUT2D eigenvalue weighted by Gasteiger charge is 2.28. The molecule has 0 radical (unpaired) electrons. The van der Waals surface area contributed by atoms with Crippen LogP contribution in [0.1, 0.15) is 29.5 Å². The van der Waals surface area contributed by atoms with Gasteiger partial charge in [-0.15, -0.1) is 0 Å². The lowest BCUT2D eigenvalue weighted by molar-refractivity contribution is -0.122. The summed E-state index contributed by atoms with van der Waals surface area (Å²) in [7, 11) is 0. The molecule has 1 saturated heterocycles. The first kappa shape index (κ1) is 19.1. The van der Waals surface area contributed by atoms with Crippen LogP contribution in [0, 0.1) is 6.92 Å². The highest BCUT2D eigenvalue weighted by Crippen LogP contribution is 2.26. The van der Waals surface area contributed by atoms with Crippen LogP contribution in [0.3, 0.4) is 0 Å². The topological polar surface area (TPSA) is 78.7 Å². The molecule has 2 amide bonds. The molecule has 0 spiro atoms. The Labute approximate surface area is 159 Å². The van der Waals surface area contributed by atoms with Gasteiger partial charge in [0, 0.05) is 38.3 Å². The summed E-state index contributed by atoms with van der Waals surface area (Å²) in [6.07, 6.45) is 0.926. The predicted octanol–water partition coefficient (Wildman–Crippen LogP) is 1.93. The van der Waals surface area contributed by atoms with Crippen molar-refractivity contribution < 1.29 is 14.1 Å². The highest BCUT2D eigenvalue weighted by molar-refractivity contribution is 6.00. The van der Waals surface area contributed by atoms with E-state index in [0.717, 1.165) is 12.0 Å². The maximum atomic E-state index is 13.1. The Morgan fingerprint density at radius 3 is 2.52 bits per heavy atom. The van der Waals surface area contributed by atoms with E-state index in [1.807, 2.05) is 42.2 Å². The van der Waals surface area contributed by atoms with Crippen LogP contribution in [-0.4, -0.2) is 66.0 Å². The Bertz CT molecular complexity index is 780. The Kier molecular flexibility index (Phi) is 6.24. The normalized spacial score (nSPS) is 15.0. The molecule has 7 heteroatoms. The van der Waals surface area contributed by atoms with Crippen LogP contribution >= 0.6 is 0 Å². The fourth-order valence-corrected chi connectivity index (χ4v) is 3.21. The maximum absolute atomic E-state index is 13.1. The Balaban J connectivity index is 1.64. The van der Waals surface area contributed by atoms with Gasteiger partial charge in [-0.3, -0.25) is 14.5 Å². The molecular formula is C20H26N4O3. The van der Waals surface area contributed by atoms with Gasteiger partial charge in [-0.25, -0.2) is 0 Å². The second-order valence-corrected chi connectivity index (χ2v) is 6.75. The third-order valence-electron chi connectivity index (χ3n) is 4.72. The first-order valence-electron chi connectivity index (χ1n) is 9.40. The number of nitrogens with one attached hydrogen (secondary N) is 1. The summed E-state index contributed by atoms with van der Waals surface area (Å²) in [4.78, 5) is 28.8. The zero-order valence-corrected chi connectivity index (χ0v) is 15.9. The molecule has 0 bridgehead atoms. The quantitative estimate of drug-likeness (QED) is 0.841. The molecule has 3 rings (SSSR count). The molecule has 1 fully saturated rings. The van der Waals surface area contributed by atoms with E-state index in [1.54, 1.807) is 6.92 Å². The van der Waals surface area contributed by atoms with Gasteiger partial charge >= 0.3 is 0 Å². The molecule has 1 aromatic carbocycles. The molecule has 0 atom stereocenters. The van der Waals surface area contributed by atoms with E-state index in [4.69, 9.17) is 4.52 Å². The van der Waals surface area contributed by atoms with E-state index in [-0.39, 0.29) is 11.8 Å². The van der Waals surface area contributed by atoms with Gasteiger partial charge in [-0.2, -0.15) is 0 Å². The number of hydrogen-bond acceptors (Lipinski definition) is 5. The van der Waals surface area contributed by atoms with Crippen LogP contribution in [0.2, 0.25) is 0 Å². The minimum atomic E-state index is -0.0670. The molecule has 144 valence electrons. The molecule has 7 nitrogen and oxygen atoms in total. The number of carbonyl (C=O) groups excluding carboxylic acids is 2. The molecule has 1 aliphatic heterocycles. The Morgan fingerprint density at radius 1 is 1.15 bits per heavy atom. The number of aromatic nitrogens is 1. The minimum absolute atomic E-state index is 0.0397. The Hall–Kier alpha value is -2.67. The first-order valence-corrected chi connectivity index (χ1v) is 9.40. The summed E-state index contributed by atoms with van der Waals surface area (Å²) >= 11 is 0. The van der Waals surface area contributed by atoms with Crippen molar-refractivity contribution in [2.75, 3.05) is 39.3 Å². The number of hydrogen-bond donors (Lipinski definition) is 1. The van der Waals surface area contributed by atoms with Gasteiger partial charge in [0.2, 0.25) is 5.91 Å². The van der Waals surface area contributed by atoms with E-state index in [9.17, 15) is 9.59 Å². The van der Waals surface area contributed by atoms with Gasteiger partial charge in [-0.05, 0) is 13.3 Å². The summed E-state index contributed by atoms with van der Waals surface area (Å²) in [5.41, 5.74) is 1.97. The number of amides is 2. The monoisotopic (exact) mass is 370 g/mol. The second-order valence-electron chi connectivity index (χ2n) is 6.75. The van der Waals surface area contributed by atoms with E-state index in [0.29, 0.717) is 56.3 Å². The number of piperazine rings is 1. The van der Waals surface area contributed by atoms with Gasteiger partial charge in [-0.1, -0.05) is 42.4 Å². The van der Waals surface area contributed by atoms with E-state index in [2.05, 4.69) is 15.4 Å². The van der Waals surface area contributed by atoms with Crippen LogP contribution in [0.15, 0.2) is 34.9 Å². The fourth-order valence-electron chi connectivity index (χ4n) is 3.21. The van der Waals surface area contributed by atoms with Crippen LogP contribution in [0.4, 0.5) is 0 Å². The molecule has 27 heavy (non-hydrogen) atoms. The zero-order chi connectivity index (χ0) is 19.2. The molecule has 0 aliphatic carbocycles. The van der Waals surface area contributed by atoms with Crippen molar-refractivity contribution in [1.82, 2.24) is 20.3 Å². The third kappa shape index (κ3) is 4.54. The number of carbonyl (C=O) groups is 2. The minimum Gasteiger partial charge on any atom is -0.360 e. The lowest BCUT2D eigenvalue weighted by Crippen LogP contribution is -2.51. The number of nitrogens with zero attached hydrogens (tertiary/aromatic N) is 3. The van der Waals surface area contributed by atoms with Crippen molar-refractivity contribution >= 4 is 11.8 Å². The first-order chi connectivity index (χ1) is 13.1. The summed E-state index contributed by atoms with van der Waals surface area (Å²) < 4.78 is 5.31. The molecule has 1 aliphatic rings. The van der Waals surface area contributed by atoms with Crippen LogP contribution in [-0.2, 0) is 4.79 Å². The summed E-state index contributed by atoms with van der Waals surface area (Å²) in [5, 5.41) is 6.99. The zero-order valence-electron chi connectivity index (χ0n) is 15.9. The molecular weight excluding hydrogens is 344 g/mol. The maximum Gasteiger partial charge on any atom is 0.259 e. The van der Waals surface area contributed by atoms with E-state index >= 15 is 0 Å². The number of aryl methyl sites for hydroxylation is 1. The average Bonchev–Trinajstić information content (AvgIpc) is 3.08. The lowest BCUT2D eigenvalue weighted by Gasteiger charge is -2.34. The summed E-state index contributed by atoms with van der Waals surface area (Å²) in [6, 6.07) is 9.58. The molecule has 0 unspecified atom stereocenters. The van der Waals surface area contributed by atoms with Gasteiger partial charge < -0.3 is 14.7 Å². The van der Waals surface area contributed by atoms with Crippen molar-refractivity contribution in [3.05, 3.63) is 41.7 Å². The standard InChI is InChI=1S/C20H26N4O3/c1-3-9-21-17(25)14-23-10-12-24(13-11-23)20(26)18-15(2)27-22-19(18)16-7-5-4-6-8-16/h4-8H,3,9-14H2,1-2H3,(H,21,25). The smallest absolute Gasteiger partial charge is 0.259 e. The number of rotatable bonds is 6. The van der Waals surface area contributed by atoms with Crippen molar-refractivity contribution in [2.24, 2.45) is 0 Å². The summed E-state index contributed by atoms with van der Waals surface area (Å²) in [5.74, 6) is 0.501. The fraction of sp³-hybridized carbons (Fsp3) is 0.450. The van der Waals surface area contributed by atoms with Crippen molar-refractivity contribution in [3.8, 4) is 11.3 Å². The number of benzene rings is 1. The molecule has 2 heterocycles. The van der Waals surface area contributed by atoms with E-state index in [1.165, 1.54) is 0 Å². The van der Waals surface area contributed by atoms with Crippen molar-refractivity contribution in [2.45, 2.75) is 20.3 Å². The van der Waals surface area contributed by atoms with E-state index < -0.39 is 0 Å². The third-order valence-corrected chi connectivity index (χ3v) is 4.72. The molecule has 2 aromatic rings. The molecule has 1 aromatic heterocycles. The van der Waals surface area contributed by atoms with Gasteiger partial charge in [0.1, 0.15) is 17.0 Å². The van der Waals surface area contributed by atoms with Gasteiger partial charge in [0.05, 0.1) is 6.54 Å². The van der Waals surface area contributed by atoms with Gasteiger partial charge in [0.15, 0.2) is 0 Å². The van der Waals surface area contributed by atoms with Crippen molar-refractivity contribution in [3.63, 3.8) is 0 Å². The average molecular weight is 370 g/mol. The predicted molar refractivity (Wildman–Crippen MR) is 102 cm³/mol. The molecule has 1 N–H and O–H groups in total. The summed E-state index contributed by atoms with van der Waals surface area (Å²) in [6.45, 7) is 7.39. The second kappa shape index (κ2) is 8.81.